The molecule has 0 radical (unpaired) electrons. The lowest BCUT2D eigenvalue weighted by Crippen LogP contribution is -2.53. The van der Waals surface area contributed by atoms with Crippen molar-refractivity contribution in [2.75, 3.05) is 0 Å². The Morgan fingerprint density at radius 1 is 0.469 bits per heavy atom. The second-order valence-electron chi connectivity index (χ2n) is 8.61. The third-order valence-corrected chi connectivity index (χ3v) is 5.96. The van der Waals surface area contributed by atoms with Crippen molar-refractivity contribution in [2.45, 2.75) is 134 Å². The van der Waals surface area contributed by atoms with Crippen molar-refractivity contribution in [1.29, 1.82) is 0 Å². The van der Waals surface area contributed by atoms with E-state index in [2.05, 4.69) is 0 Å². The van der Waals surface area contributed by atoms with Gasteiger partial charge in [-0.05, 0) is 12.8 Å². The third kappa shape index (κ3) is 13.3. The summed E-state index contributed by atoms with van der Waals surface area (Å²) in [5, 5.41) is 32.5. The summed E-state index contributed by atoms with van der Waals surface area (Å²) in [4.78, 5) is 38.6. The van der Waals surface area contributed by atoms with Gasteiger partial charge in [0.2, 0.25) is 0 Å². The number of carbonyl (C=O) groups excluding carboxylic acids is 1. The van der Waals surface area contributed by atoms with Crippen molar-refractivity contribution in [3.05, 3.63) is 30.3 Å². The molecule has 0 aliphatic rings. The minimum atomic E-state index is -3.31. The number of unbranched alkanes of at least 4 members (excludes halogenated alkanes) is 18. The molecule has 0 bridgehead atoms. The molecule has 10 heteroatoms. The van der Waals surface area contributed by atoms with Crippen molar-refractivity contribution in [3.8, 4) is 0 Å². The van der Waals surface area contributed by atoms with E-state index < -0.39 is 27.0 Å². The number of hydrogen-bond donors (Lipinski definition) is 0. The van der Waals surface area contributed by atoms with E-state index in [0.717, 1.165) is 38.4 Å². The van der Waals surface area contributed by atoms with Crippen LogP contribution in [0.5, 0.6) is 0 Å². The fourth-order valence-electron chi connectivity index (χ4n) is 3.89. The van der Waals surface area contributed by atoms with E-state index >= 15 is 0 Å². The van der Waals surface area contributed by atoms with Crippen LogP contribution >= 0.6 is 0 Å². The molecule has 32 heavy (non-hydrogen) atoms. The van der Waals surface area contributed by atoms with Gasteiger partial charge in [-0.15, -0.1) is 0 Å². The molecule has 0 aromatic heterocycles. The van der Waals surface area contributed by atoms with Gasteiger partial charge in [0.15, 0.2) is 21.2 Å². The molecule has 0 unspecified atom stereocenters. The van der Waals surface area contributed by atoms with Crippen LogP contribution in [0.4, 0.5) is 0 Å². The molecule has 0 fully saturated rings. The van der Waals surface area contributed by atoms with Crippen LogP contribution in [0.15, 0.2) is 0 Å². The molecule has 0 aliphatic heterocycles. The van der Waals surface area contributed by atoms with Crippen molar-refractivity contribution in [1.82, 2.24) is 0 Å². The molecule has 0 aromatic carbocycles. The lowest BCUT2D eigenvalue weighted by molar-refractivity contribution is -0.970. The zero-order valence-corrected chi connectivity index (χ0v) is 19.4. The van der Waals surface area contributed by atoms with Gasteiger partial charge in [0.1, 0.15) is 6.29 Å². The predicted molar refractivity (Wildman–Crippen MR) is 122 cm³/mol. The first-order valence-electron chi connectivity index (χ1n) is 12.3. The van der Waals surface area contributed by atoms with Crippen LogP contribution in [0, 0.1) is 30.3 Å². The number of aldehydes is 1. The maximum absolute atomic E-state index is 10.8. The zero-order chi connectivity index (χ0) is 24.1. The van der Waals surface area contributed by atoms with Gasteiger partial charge in [-0.2, -0.15) is 0 Å². The Balaban J connectivity index is 3.46. The van der Waals surface area contributed by atoms with Crippen molar-refractivity contribution in [3.63, 3.8) is 0 Å². The van der Waals surface area contributed by atoms with E-state index in [1.807, 2.05) is 0 Å². The zero-order valence-electron chi connectivity index (χ0n) is 19.4. The molecule has 0 aliphatic carbocycles. The third-order valence-electron chi connectivity index (χ3n) is 5.96. The highest BCUT2D eigenvalue weighted by Gasteiger charge is 2.69. The van der Waals surface area contributed by atoms with Crippen LogP contribution in [0.25, 0.3) is 0 Å². The highest BCUT2D eigenvalue weighted by molar-refractivity contribution is 5.48. The van der Waals surface area contributed by atoms with Crippen LogP contribution in [0.1, 0.15) is 128 Å². The van der Waals surface area contributed by atoms with Crippen LogP contribution in [0.2, 0.25) is 0 Å². The van der Waals surface area contributed by atoms with E-state index in [4.69, 9.17) is 0 Å². The second-order valence-corrected chi connectivity index (χ2v) is 8.61. The number of nitro groups is 3. The first kappa shape index (κ1) is 29.9. The molecule has 0 rings (SSSR count). The Morgan fingerprint density at radius 3 is 0.969 bits per heavy atom. The van der Waals surface area contributed by atoms with Gasteiger partial charge in [-0.3, -0.25) is 30.3 Å². The van der Waals surface area contributed by atoms with E-state index in [1.165, 1.54) is 70.6 Å². The van der Waals surface area contributed by atoms with E-state index in [9.17, 15) is 35.1 Å². The van der Waals surface area contributed by atoms with Crippen LogP contribution in [-0.2, 0) is 4.79 Å². The normalized spacial score (nSPS) is 11.4. The van der Waals surface area contributed by atoms with Gasteiger partial charge in [-0.25, -0.2) is 0 Å². The van der Waals surface area contributed by atoms with Gasteiger partial charge >= 0.3 is 5.79 Å². The predicted octanol–water partition coefficient (Wildman–Crippen LogP) is 6.47. The van der Waals surface area contributed by atoms with E-state index in [-0.39, 0.29) is 6.42 Å². The molecule has 0 N–H and O–H groups in total. The summed E-state index contributed by atoms with van der Waals surface area (Å²) in [7, 11) is 0. The summed E-state index contributed by atoms with van der Waals surface area (Å²) in [6.07, 6.45) is 20.4. The van der Waals surface area contributed by atoms with Gasteiger partial charge in [0, 0.05) is 6.42 Å². The average Bonchev–Trinajstić information content (AvgIpc) is 2.74. The summed E-state index contributed by atoms with van der Waals surface area (Å²) >= 11 is 0. The monoisotopic (exact) mass is 459 g/mol. The molecule has 10 nitrogen and oxygen atoms in total. The summed E-state index contributed by atoms with van der Waals surface area (Å²) in [6, 6.07) is 0. The standard InChI is InChI=1S/C22H41N3O7/c26-21-19-17-15-13-11-9-7-5-3-1-2-4-6-8-10-12-14-16-18-20-22(23(27)28,24(29)30)25(31)32/h21H,1-20H2. The van der Waals surface area contributed by atoms with Crippen molar-refractivity contribution in [2.24, 2.45) is 0 Å². The maximum atomic E-state index is 10.8. The summed E-state index contributed by atoms with van der Waals surface area (Å²) in [6.45, 7) is 0. The lowest BCUT2D eigenvalue weighted by atomic mass is 10.0. The van der Waals surface area contributed by atoms with E-state index in [1.54, 1.807) is 0 Å². The number of carbonyl (C=O) groups is 1. The minimum Gasteiger partial charge on any atom is -0.303 e. The Bertz CT molecular complexity index is 508. The largest absolute Gasteiger partial charge is 0.699 e. The van der Waals surface area contributed by atoms with E-state index in [0.29, 0.717) is 12.8 Å². The molecule has 0 atom stereocenters. The van der Waals surface area contributed by atoms with Crippen LogP contribution in [-0.4, -0.2) is 26.8 Å². The van der Waals surface area contributed by atoms with Gasteiger partial charge in [0.05, 0.1) is 0 Å². The summed E-state index contributed by atoms with van der Waals surface area (Å²) < 4.78 is 0. The first-order valence-corrected chi connectivity index (χ1v) is 12.3. The van der Waals surface area contributed by atoms with Gasteiger partial charge in [-0.1, -0.05) is 103 Å². The topological polar surface area (TPSA) is 146 Å². The molecular formula is C22H41N3O7. The second kappa shape index (κ2) is 19.5. The molecule has 0 spiro atoms. The maximum Gasteiger partial charge on any atom is 0.699 e. The number of nitrogens with zero attached hydrogens (tertiary/aromatic N) is 3. The Hall–Kier alpha value is -2.13. The Kier molecular flexibility index (Phi) is 18.2. The molecule has 0 aromatic rings. The molecular weight excluding hydrogens is 418 g/mol. The molecule has 0 saturated carbocycles. The van der Waals surface area contributed by atoms with Gasteiger partial charge < -0.3 is 4.79 Å². The smallest absolute Gasteiger partial charge is 0.303 e. The Morgan fingerprint density at radius 2 is 0.719 bits per heavy atom. The highest BCUT2D eigenvalue weighted by atomic mass is 16.7. The van der Waals surface area contributed by atoms with Gasteiger partial charge in [0.25, 0.3) is 0 Å². The number of rotatable bonds is 24. The number of hydrogen-bond acceptors (Lipinski definition) is 7. The molecule has 0 heterocycles. The van der Waals surface area contributed by atoms with Crippen molar-refractivity contribution < 1.29 is 19.6 Å². The fourth-order valence-corrected chi connectivity index (χ4v) is 3.89. The summed E-state index contributed by atoms with van der Waals surface area (Å²) in [5.41, 5.74) is 0. The van der Waals surface area contributed by atoms with Crippen molar-refractivity contribution >= 4 is 6.29 Å². The molecule has 186 valence electrons. The fraction of sp³-hybridized carbons (Fsp3) is 0.955. The minimum absolute atomic E-state index is 0.100. The first-order chi connectivity index (χ1) is 15.4. The highest BCUT2D eigenvalue weighted by Crippen LogP contribution is 2.22. The Labute approximate surface area is 191 Å². The average molecular weight is 460 g/mol. The molecule has 0 amide bonds. The lowest BCUT2D eigenvalue weighted by Gasteiger charge is -2.08. The summed E-state index contributed by atoms with van der Waals surface area (Å²) in [5.74, 6) is -3.31. The molecule has 0 saturated heterocycles. The van der Waals surface area contributed by atoms with Crippen LogP contribution in [0.3, 0.4) is 0 Å². The van der Waals surface area contributed by atoms with Crippen LogP contribution < -0.4 is 0 Å². The SMILES string of the molecule is O=CCCCCCCCCCCCCCCCCCCCCC([N+](=O)[O-])([N+](=O)[O-])[N+](=O)[O-]. The quantitative estimate of drug-likeness (QED) is 0.0528.